The van der Waals surface area contributed by atoms with Crippen molar-refractivity contribution in [3.05, 3.63) is 64.7 Å². The third-order valence-corrected chi connectivity index (χ3v) is 6.81. The Morgan fingerprint density at radius 2 is 1.89 bits per heavy atom. The molecular formula is C22H26ClN2OS+. The van der Waals surface area contributed by atoms with Gasteiger partial charge in [-0.1, -0.05) is 49.2 Å². The molecule has 2 aliphatic rings. The van der Waals surface area contributed by atoms with Crippen molar-refractivity contribution in [2.24, 2.45) is 0 Å². The van der Waals surface area contributed by atoms with E-state index >= 15 is 0 Å². The normalized spacial score (nSPS) is 22.3. The van der Waals surface area contributed by atoms with E-state index < -0.39 is 5.72 Å². The highest BCUT2D eigenvalue weighted by Crippen LogP contribution is 2.40. The zero-order valence-electron chi connectivity index (χ0n) is 15.7. The van der Waals surface area contributed by atoms with Gasteiger partial charge in [0.05, 0.1) is 6.54 Å². The minimum Gasteiger partial charge on any atom is -0.346 e. The summed E-state index contributed by atoms with van der Waals surface area (Å²) in [5.74, 6) is 1.09. The monoisotopic (exact) mass is 401 g/mol. The molecule has 0 amide bonds. The Kier molecular flexibility index (Phi) is 5.49. The molecule has 3 nitrogen and oxygen atoms in total. The molecule has 0 radical (unpaired) electrons. The lowest BCUT2D eigenvalue weighted by Crippen LogP contribution is -2.46. The van der Waals surface area contributed by atoms with Gasteiger partial charge >= 0.3 is 5.17 Å². The molecule has 0 aliphatic carbocycles. The van der Waals surface area contributed by atoms with Crippen molar-refractivity contribution < 1.29 is 9.68 Å². The van der Waals surface area contributed by atoms with Gasteiger partial charge in [0, 0.05) is 16.3 Å². The van der Waals surface area contributed by atoms with Crippen molar-refractivity contribution in [1.29, 1.82) is 0 Å². The molecule has 1 atom stereocenters. The second kappa shape index (κ2) is 7.86. The average Bonchev–Trinajstić information content (AvgIpc) is 3.00. The number of anilines is 1. The van der Waals surface area contributed by atoms with Crippen LogP contribution >= 0.6 is 23.4 Å². The Balaban J connectivity index is 1.72. The first-order valence-corrected chi connectivity index (χ1v) is 11.1. The maximum Gasteiger partial charge on any atom is 0.316 e. The molecule has 5 heteroatoms. The van der Waals surface area contributed by atoms with E-state index in [4.69, 9.17) is 11.6 Å². The van der Waals surface area contributed by atoms with Gasteiger partial charge < -0.3 is 5.11 Å². The first kappa shape index (κ1) is 18.9. The maximum atomic E-state index is 11.8. The van der Waals surface area contributed by atoms with Gasteiger partial charge in [0.25, 0.3) is 5.72 Å². The van der Waals surface area contributed by atoms with Crippen LogP contribution in [0.15, 0.2) is 48.5 Å². The first-order chi connectivity index (χ1) is 13.1. The summed E-state index contributed by atoms with van der Waals surface area (Å²) < 4.78 is 2.31. The van der Waals surface area contributed by atoms with Crippen LogP contribution in [-0.2, 0) is 12.1 Å². The second-order valence-electron chi connectivity index (χ2n) is 7.34. The SMILES string of the molecule is CCCCc1ccc(N2C3=[N+](CCCS3)C[C@@]2(O)c2ccc(Cl)cc2)cc1. The number of benzene rings is 2. The van der Waals surface area contributed by atoms with Crippen LogP contribution in [0, 0.1) is 0 Å². The minimum atomic E-state index is -1.08. The number of unbranched alkanes of at least 4 members (excludes halogenated alkanes) is 1. The third kappa shape index (κ3) is 3.63. The fourth-order valence-corrected chi connectivity index (χ4v) is 5.21. The number of thioether (sulfide) groups is 1. The Labute approximate surface area is 170 Å². The van der Waals surface area contributed by atoms with Crippen molar-refractivity contribution in [1.82, 2.24) is 0 Å². The van der Waals surface area contributed by atoms with Crippen molar-refractivity contribution in [3.8, 4) is 0 Å². The Morgan fingerprint density at radius 1 is 1.15 bits per heavy atom. The summed E-state index contributed by atoms with van der Waals surface area (Å²) in [5, 5.41) is 13.7. The first-order valence-electron chi connectivity index (χ1n) is 9.74. The van der Waals surface area contributed by atoms with Crippen LogP contribution in [0.1, 0.15) is 37.3 Å². The fraction of sp³-hybridized carbons (Fsp3) is 0.409. The molecular weight excluding hydrogens is 376 g/mol. The van der Waals surface area contributed by atoms with Crippen molar-refractivity contribution in [3.63, 3.8) is 0 Å². The number of halogens is 1. The van der Waals surface area contributed by atoms with Crippen LogP contribution in [0.4, 0.5) is 5.69 Å². The molecule has 0 saturated heterocycles. The Bertz CT molecular complexity index is 834. The lowest BCUT2D eigenvalue weighted by molar-refractivity contribution is -0.532. The lowest BCUT2D eigenvalue weighted by Gasteiger charge is -2.28. The van der Waals surface area contributed by atoms with Crippen LogP contribution in [0.5, 0.6) is 0 Å². The molecule has 0 aromatic heterocycles. The quantitative estimate of drug-likeness (QED) is 0.725. The highest BCUT2D eigenvalue weighted by molar-refractivity contribution is 8.14. The fourth-order valence-electron chi connectivity index (χ4n) is 3.91. The van der Waals surface area contributed by atoms with Crippen molar-refractivity contribution in [2.75, 3.05) is 23.7 Å². The van der Waals surface area contributed by atoms with E-state index in [1.807, 2.05) is 36.0 Å². The van der Waals surface area contributed by atoms with Crippen LogP contribution < -0.4 is 4.90 Å². The van der Waals surface area contributed by atoms with Crippen LogP contribution in [0.2, 0.25) is 5.02 Å². The zero-order chi connectivity index (χ0) is 18.9. The summed E-state index contributed by atoms with van der Waals surface area (Å²) in [6.07, 6.45) is 4.66. The van der Waals surface area contributed by atoms with Gasteiger partial charge in [0.2, 0.25) is 0 Å². The van der Waals surface area contributed by atoms with Gasteiger partial charge in [-0.05, 0) is 60.9 Å². The van der Waals surface area contributed by atoms with E-state index in [-0.39, 0.29) is 0 Å². The van der Waals surface area contributed by atoms with Crippen molar-refractivity contribution in [2.45, 2.75) is 38.3 Å². The molecule has 142 valence electrons. The van der Waals surface area contributed by atoms with Gasteiger partial charge in [0.1, 0.15) is 5.69 Å². The van der Waals surface area contributed by atoms with Crippen LogP contribution in [-0.4, -0.2) is 33.7 Å². The van der Waals surface area contributed by atoms with Crippen LogP contribution in [0.25, 0.3) is 0 Å². The summed E-state index contributed by atoms with van der Waals surface area (Å²) in [5.41, 5.74) is 2.19. The zero-order valence-corrected chi connectivity index (χ0v) is 17.3. The van der Waals surface area contributed by atoms with Gasteiger partial charge in [-0.2, -0.15) is 4.90 Å². The third-order valence-electron chi connectivity index (χ3n) is 5.37. The number of hydrogen-bond acceptors (Lipinski definition) is 3. The number of aryl methyl sites for hydroxylation is 1. The van der Waals surface area contributed by atoms with Gasteiger partial charge in [-0.15, -0.1) is 0 Å². The molecule has 2 heterocycles. The minimum absolute atomic E-state index is 0.578. The molecule has 2 aromatic rings. The van der Waals surface area contributed by atoms with Gasteiger partial charge in [-0.25, -0.2) is 4.58 Å². The average molecular weight is 402 g/mol. The van der Waals surface area contributed by atoms with Crippen molar-refractivity contribution >= 4 is 34.2 Å². The molecule has 0 unspecified atom stereocenters. The molecule has 2 aliphatic heterocycles. The second-order valence-corrected chi connectivity index (χ2v) is 8.83. The number of amidine groups is 1. The number of nitrogens with zero attached hydrogens (tertiary/aromatic N) is 2. The Morgan fingerprint density at radius 3 is 2.59 bits per heavy atom. The summed E-state index contributed by atoms with van der Waals surface area (Å²) in [7, 11) is 0. The van der Waals surface area contributed by atoms with Crippen LogP contribution in [0.3, 0.4) is 0 Å². The lowest BCUT2D eigenvalue weighted by atomic mass is 10.0. The number of aliphatic hydroxyl groups is 1. The highest BCUT2D eigenvalue weighted by atomic mass is 35.5. The highest BCUT2D eigenvalue weighted by Gasteiger charge is 2.55. The maximum absolute atomic E-state index is 11.8. The molecule has 0 saturated carbocycles. The van der Waals surface area contributed by atoms with Gasteiger partial charge in [-0.3, -0.25) is 0 Å². The molecule has 1 N–H and O–H groups in total. The number of rotatable bonds is 5. The molecule has 0 bridgehead atoms. The summed E-state index contributed by atoms with van der Waals surface area (Å²) in [6, 6.07) is 16.3. The standard InChI is InChI=1S/C22H26ClN2OS/c1-2-3-5-17-6-12-20(13-7-17)25-21-24(14-4-15-27-21)16-22(25,26)18-8-10-19(23)11-9-18/h6-13,26H,2-5,14-16H2,1H3/q+1/t22-/m1/s1. The van der Waals surface area contributed by atoms with E-state index in [0.29, 0.717) is 11.6 Å². The van der Waals surface area contributed by atoms with E-state index in [1.165, 1.54) is 18.4 Å². The van der Waals surface area contributed by atoms with E-state index in [0.717, 1.165) is 41.6 Å². The predicted octanol–water partition coefficient (Wildman–Crippen LogP) is 4.85. The summed E-state index contributed by atoms with van der Waals surface area (Å²) >= 11 is 7.92. The molecule has 4 rings (SSSR count). The number of hydrogen-bond donors (Lipinski definition) is 1. The summed E-state index contributed by atoms with van der Waals surface area (Å²) in [6.45, 7) is 3.79. The molecule has 2 aromatic carbocycles. The Hall–Kier alpha value is -1.49. The van der Waals surface area contributed by atoms with E-state index in [9.17, 15) is 5.11 Å². The van der Waals surface area contributed by atoms with Gasteiger partial charge in [0.15, 0.2) is 6.54 Å². The predicted molar refractivity (Wildman–Crippen MR) is 115 cm³/mol. The molecule has 0 fully saturated rings. The largest absolute Gasteiger partial charge is 0.346 e. The molecule has 0 spiro atoms. The topological polar surface area (TPSA) is 26.5 Å². The van der Waals surface area contributed by atoms with E-state index in [1.54, 1.807) is 0 Å². The summed E-state index contributed by atoms with van der Waals surface area (Å²) in [4.78, 5) is 2.11. The smallest absolute Gasteiger partial charge is 0.316 e. The van der Waals surface area contributed by atoms with E-state index in [2.05, 4.69) is 40.7 Å². The molecule has 27 heavy (non-hydrogen) atoms.